The second-order valence-corrected chi connectivity index (χ2v) is 6.25. The van der Waals surface area contributed by atoms with Crippen LogP contribution in [0.15, 0.2) is 30.3 Å². The Balaban J connectivity index is 2.08. The molecule has 0 aliphatic carbocycles. The molecule has 21 heavy (non-hydrogen) atoms. The van der Waals surface area contributed by atoms with Crippen LogP contribution in [0.5, 0.6) is 0 Å². The predicted octanol–water partition coefficient (Wildman–Crippen LogP) is 4.71. The van der Waals surface area contributed by atoms with E-state index in [0.717, 1.165) is 25.9 Å². The summed E-state index contributed by atoms with van der Waals surface area (Å²) in [4.78, 5) is 0. The van der Waals surface area contributed by atoms with Crippen molar-refractivity contribution in [1.29, 1.82) is 0 Å². The van der Waals surface area contributed by atoms with Gasteiger partial charge in [0.05, 0.1) is 6.10 Å². The highest BCUT2D eigenvalue weighted by Crippen LogP contribution is 2.29. The molecule has 0 bridgehead atoms. The van der Waals surface area contributed by atoms with Crippen LogP contribution in [0, 0.1) is 5.92 Å². The van der Waals surface area contributed by atoms with E-state index in [0.29, 0.717) is 24.1 Å². The minimum Gasteiger partial charge on any atom is -0.378 e. The number of hydrogen-bond donors (Lipinski definition) is 1. The summed E-state index contributed by atoms with van der Waals surface area (Å²) in [5.41, 5.74) is 1.44. The maximum atomic E-state index is 5.82. The van der Waals surface area contributed by atoms with Gasteiger partial charge in [-0.3, -0.25) is 0 Å². The van der Waals surface area contributed by atoms with Gasteiger partial charge in [0.25, 0.3) is 0 Å². The smallest absolute Gasteiger partial charge is 0.0587 e. The number of hydrogen-bond acceptors (Lipinski definition) is 2. The molecule has 0 radical (unpaired) electrons. The van der Waals surface area contributed by atoms with Gasteiger partial charge in [-0.25, -0.2) is 0 Å². The highest BCUT2D eigenvalue weighted by molar-refractivity contribution is 5.20. The van der Waals surface area contributed by atoms with Crippen molar-refractivity contribution in [2.45, 2.75) is 71.1 Å². The zero-order chi connectivity index (χ0) is 15.1. The van der Waals surface area contributed by atoms with E-state index in [9.17, 15) is 0 Å². The first-order valence-corrected chi connectivity index (χ1v) is 8.71. The summed E-state index contributed by atoms with van der Waals surface area (Å²) >= 11 is 0. The molecular formula is C19H31NO. The van der Waals surface area contributed by atoms with Crippen LogP contribution in [0.25, 0.3) is 0 Å². The normalized spacial score (nSPS) is 24.2. The Kier molecular flexibility index (Phi) is 6.72. The summed E-state index contributed by atoms with van der Waals surface area (Å²) in [6.07, 6.45) is 6.31. The number of ether oxygens (including phenoxy) is 1. The van der Waals surface area contributed by atoms with Gasteiger partial charge < -0.3 is 10.1 Å². The van der Waals surface area contributed by atoms with Gasteiger partial charge in [0.1, 0.15) is 0 Å². The van der Waals surface area contributed by atoms with E-state index in [1.807, 2.05) is 0 Å². The van der Waals surface area contributed by atoms with Crippen molar-refractivity contribution in [2.75, 3.05) is 6.61 Å². The molecule has 1 fully saturated rings. The summed E-state index contributed by atoms with van der Waals surface area (Å²) in [7, 11) is 0. The molecular weight excluding hydrogens is 258 g/mol. The Labute approximate surface area is 130 Å². The molecule has 0 amide bonds. The van der Waals surface area contributed by atoms with Crippen molar-refractivity contribution < 1.29 is 4.74 Å². The maximum Gasteiger partial charge on any atom is 0.0587 e. The van der Waals surface area contributed by atoms with Crippen LogP contribution in [0.4, 0.5) is 0 Å². The van der Waals surface area contributed by atoms with Crippen molar-refractivity contribution in [3.05, 3.63) is 35.9 Å². The molecule has 2 heteroatoms. The first-order valence-electron chi connectivity index (χ1n) is 8.71. The molecule has 1 aliphatic rings. The van der Waals surface area contributed by atoms with Gasteiger partial charge in [0.15, 0.2) is 0 Å². The van der Waals surface area contributed by atoms with Crippen LogP contribution in [0.2, 0.25) is 0 Å². The molecule has 3 atom stereocenters. The summed E-state index contributed by atoms with van der Waals surface area (Å²) in [6.45, 7) is 7.75. The molecule has 1 aliphatic heterocycles. The van der Waals surface area contributed by atoms with Gasteiger partial charge in [-0.15, -0.1) is 0 Å². The summed E-state index contributed by atoms with van der Waals surface area (Å²) in [6, 6.07) is 12.0. The van der Waals surface area contributed by atoms with Crippen molar-refractivity contribution in [3.63, 3.8) is 0 Å². The lowest BCUT2D eigenvalue weighted by Crippen LogP contribution is -2.42. The molecule has 1 heterocycles. The van der Waals surface area contributed by atoms with E-state index >= 15 is 0 Å². The van der Waals surface area contributed by atoms with Crippen LogP contribution in [-0.4, -0.2) is 18.8 Å². The average molecular weight is 289 g/mol. The molecule has 118 valence electrons. The van der Waals surface area contributed by atoms with E-state index < -0.39 is 0 Å². The SMILES string of the molecule is CCC1CC(NC(c2ccccc2)C(CC)CC)CCO1. The molecule has 0 spiro atoms. The lowest BCUT2D eigenvalue weighted by Gasteiger charge is -2.35. The lowest BCUT2D eigenvalue weighted by atomic mass is 9.87. The highest BCUT2D eigenvalue weighted by atomic mass is 16.5. The molecule has 1 aromatic carbocycles. The first kappa shape index (κ1) is 16.5. The van der Waals surface area contributed by atoms with Crippen LogP contribution in [-0.2, 0) is 4.74 Å². The van der Waals surface area contributed by atoms with E-state index in [4.69, 9.17) is 4.74 Å². The predicted molar refractivity (Wildman–Crippen MR) is 89.4 cm³/mol. The zero-order valence-electron chi connectivity index (χ0n) is 13.8. The average Bonchev–Trinajstić information content (AvgIpc) is 2.56. The van der Waals surface area contributed by atoms with Gasteiger partial charge in [-0.1, -0.05) is 63.9 Å². The minimum atomic E-state index is 0.439. The van der Waals surface area contributed by atoms with Crippen molar-refractivity contribution in [1.82, 2.24) is 5.32 Å². The van der Waals surface area contributed by atoms with Gasteiger partial charge >= 0.3 is 0 Å². The van der Waals surface area contributed by atoms with Crippen molar-refractivity contribution in [2.24, 2.45) is 5.92 Å². The Bertz CT molecular complexity index is 388. The molecule has 1 saturated heterocycles. The largest absolute Gasteiger partial charge is 0.378 e. The van der Waals surface area contributed by atoms with Crippen molar-refractivity contribution in [3.8, 4) is 0 Å². The molecule has 2 nitrogen and oxygen atoms in total. The minimum absolute atomic E-state index is 0.439. The number of benzene rings is 1. The van der Waals surface area contributed by atoms with Crippen LogP contribution >= 0.6 is 0 Å². The zero-order valence-corrected chi connectivity index (χ0v) is 13.8. The van der Waals surface area contributed by atoms with Gasteiger partial charge in [-0.05, 0) is 30.7 Å². The van der Waals surface area contributed by atoms with E-state index in [1.54, 1.807) is 0 Å². The quantitative estimate of drug-likeness (QED) is 0.785. The fourth-order valence-corrected chi connectivity index (χ4v) is 3.49. The summed E-state index contributed by atoms with van der Waals surface area (Å²) in [5.74, 6) is 0.704. The fourth-order valence-electron chi connectivity index (χ4n) is 3.49. The lowest BCUT2D eigenvalue weighted by molar-refractivity contribution is -0.00354. The van der Waals surface area contributed by atoms with Crippen LogP contribution < -0.4 is 5.32 Å². The van der Waals surface area contributed by atoms with E-state index in [2.05, 4.69) is 56.4 Å². The third kappa shape index (κ3) is 4.55. The standard InChI is InChI=1S/C19H31NO/c1-4-15(5-2)19(16-10-8-7-9-11-16)20-17-12-13-21-18(6-3)14-17/h7-11,15,17-20H,4-6,12-14H2,1-3H3. The monoisotopic (exact) mass is 289 g/mol. The fraction of sp³-hybridized carbons (Fsp3) is 0.684. The van der Waals surface area contributed by atoms with Crippen LogP contribution in [0.3, 0.4) is 0 Å². The van der Waals surface area contributed by atoms with Gasteiger partial charge in [0.2, 0.25) is 0 Å². The van der Waals surface area contributed by atoms with Gasteiger partial charge in [0, 0.05) is 18.7 Å². The topological polar surface area (TPSA) is 21.3 Å². The Morgan fingerprint density at radius 3 is 2.48 bits per heavy atom. The Morgan fingerprint density at radius 2 is 1.86 bits per heavy atom. The first-order chi connectivity index (χ1) is 10.3. The molecule has 1 N–H and O–H groups in total. The molecule has 1 aromatic rings. The third-order valence-electron chi connectivity index (χ3n) is 4.92. The summed E-state index contributed by atoms with van der Waals surface area (Å²) < 4.78 is 5.82. The number of rotatable bonds is 7. The molecule has 0 aromatic heterocycles. The highest BCUT2D eigenvalue weighted by Gasteiger charge is 2.27. The third-order valence-corrected chi connectivity index (χ3v) is 4.92. The van der Waals surface area contributed by atoms with Crippen molar-refractivity contribution >= 4 is 0 Å². The molecule has 3 unspecified atom stereocenters. The molecule has 0 saturated carbocycles. The second-order valence-electron chi connectivity index (χ2n) is 6.25. The molecule has 2 rings (SSSR count). The Hall–Kier alpha value is -0.860. The van der Waals surface area contributed by atoms with E-state index in [1.165, 1.54) is 18.4 Å². The second kappa shape index (κ2) is 8.55. The van der Waals surface area contributed by atoms with Crippen LogP contribution in [0.1, 0.15) is 64.5 Å². The summed E-state index contributed by atoms with van der Waals surface area (Å²) in [5, 5.41) is 3.96. The van der Waals surface area contributed by atoms with E-state index in [-0.39, 0.29) is 0 Å². The maximum absolute atomic E-state index is 5.82. The number of nitrogens with one attached hydrogen (secondary N) is 1. The van der Waals surface area contributed by atoms with Gasteiger partial charge in [-0.2, -0.15) is 0 Å². The Morgan fingerprint density at radius 1 is 1.14 bits per heavy atom.